The summed E-state index contributed by atoms with van der Waals surface area (Å²) in [6.45, 7) is 0.0860. The van der Waals surface area contributed by atoms with Gasteiger partial charge in [-0.05, 0) is 29.8 Å². The van der Waals surface area contributed by atoms with Crippen molar-refractivity contribution < 1.29 is 18.8 Å². The molecule has 2 rings (SSSR count). The van der Waals surface area contributed by atoms with E-state index < -0.39 is 17.7 Å². The van der Waals surface area contributed by atoms with Gasteiger partial charge in [-0.1, -0.05) is 23.7 Å². The first kappa shape index (κ1) is 18.9. The van der Waals surface area contributed by atoms with Gasteiger partial charge in [-0.25, -0.2) is 0 Å². The largest absolute Gasteiger partial charge is 0.467 e. The van der Waals surface area contributed by atoms with E-state index in [0.29, 0.717) is 16.5 Å². The van der Waals surface area contributed by atoms with E-state index >= 15 is 0 Å². The Labute approximate surface area is 153 Å². The van der Waals surface area contributed by atoms with Crippen LogP contribution in [0.5, 0.6) is 0 Å². The highest BCUT2D eigenvalue weighted by Crippen LogP contribution is 2.16. The molecule has 25 heavy (non-hydrogen) atoms. The first-order valence-corrected chi connectivity index (χ1v) is 8.79. The Hall–Kier alpha value is -2.45. The van der Waals surface area contributed by atoms with Crippen molar-refractivity contribution in [2.75, 3.05) is 5.75 Å². The van der Waals surface area contributed by atoms with Crippen LogP contribution in [0, 0.1) is 0 Å². The number of amides is 3. The first-order chi connectivity index (χ1) is 12.0. The Morgan fingerprint density at radius 1 is 1.08 bits per heavy atom. The van der Waals surface area contributed by atoms with Crippen LogP contribution in [0.25, 0.3) is 0 Å². The van der Waals surface area contributed by atoms with Gasteiger partial charge in [-0.3, -0.25) is 25.2 Å². The number of thioether (sulfide) groups is 1. The highest BCUT2D eigenvalue weighted by Gasteiger charge is 2.14. The lowest BCUT2D eigenvalue weighted by molar-refractivity contribution is -0.140. The third-order valence-electron chi connectivity index (χ3n) is 2.92. The van der Waals surface area contributed by atoms with Crippen LogP contribution >= 0.6 is 23.4 Å². The van der Waals surface area contributed by atoms with Crippen LogP contribution < -0.4 is 16.2 Å². The zero-order chi connectivity index (χ0) is 18.1. The SMILES string of the molecule is O=C(CSCc1cccc(Cl)c1)NNC(=O)C(=O)NCc1ccco1. The molecule has 0 saturated heterocycles. The fraction of sp³-hybridized carbons (Fsp3) is 0.188. The zero-order valence-electron chi connectivity index (χ0n) is 13.1. The van der Waals surface area contributed by atoms with Crippen LogP contribution in [0.3, 0.4) is 0 Å². The summed E-state index contributed by atoms with van der Waals surface area (Å²) in [7, 11) is 0. The van der Waals surface area contributed by atoms with E-state index in [1.54, 1.807) is 18.2 Å². The van der Waals surface area contributed by atoms with Gasteiger partial charge < -0.3 is 9.73 Å². The molecule has 0 aliphatic rings. The summed E-state index contributed by atoms with van der Waals surface area (Å²) in [6, 6.07) is 10.7. The predicted octanol–water partition coefficient (Wildman–Crippen LogP) is 1.63. The second-order valence-corrected chi connectivity index (χ2v) is 6.31. The minimum absolute atomic E-state index is 0.0860. The van der Waals surface area contributed by atoms with Gasteiger partial charge in [-0.15, -0.1) is 11.8 Å². The van der Waals surface area contributed by atoms with Crippen molar-refractivity contribution in [1.82, 2.24) is 16.2 Å². The fourth-order valence-electron chi connectivity index (χ4n) is 1.77. The van der Waals surface area contributed by atoms with E-state index in [2.05, 4.69) is 16.2 Å². The number of carbonyl (C=O) groups excluding carboxylic acids is 3. The van der Waals surface area contributed by atoms with Gasteiger partial charge in [0.1, 0.15) is 5.76 Å². The number of hydrogen-bond acceptors (Lipinski definition) is 5. The Balaban J connectivity index is 1.61. The van der Waals surface area contributed by atoms with E-state index in [-0.39, 0.29) is 12.3 Å². The summed E-state index contributed by atoms with van der Waals surface area (Å²) >= 11 is 7.24. The molecule has 2 aromatic rings. The number of hydrogen-bond donors (Lipinski definition) is 3. The normalized spacial score (nSPS) is 10.1. The smallest absolute Gasteiger partial charge is 0.327 e. The van der Waals surface area contributed by atoms with Crippen LogP contribution in [0.2, 0.25) is 5.02 Å². The summed E-state index contributed by atoms with van der Waals surface area (Å²) < 4.78 is 5.02. The van der Waals surface area contributed by atoms with E-state index in [4.69, 9.17) is 16.0 Å². The lowest BCUT2D eigenvalue weighted by atomic mass is 10.2. The molecule has 3 N–H and O–H groups in total. The van der Waals surface area contributed by atoms with Gasteiger partial charge in [-0.2, -0.15) is 0 Å². The van der Waals surface area contributed by atoms with Crippen molar-refractivity contribution in [2.45, 2.75) is 12.3 Å². The molecule has 0 aliphatic heterocycles. The molecule has 1 aromatic carbocycles. The summed E-state index contributed by atoms with van der Waals surface area (Å²) in [4.78, 5) is 34.8. The van der Waals surface area contributed by atoms with Crippen LogP contribution in [0.1, 0.15) is 11.3 Å². The maximum Gasteiger partial charge on any atom is 0.327 e. The van der Waals surface area contributed by atoms with Crippen LogP contribution in [0.4, 0.5) is 0 Å². The molecule has 0 radical (unpaired) electrons. The van der Waals surface area contributed by atoms with Gasteiger partial charge in [0.05, 0.1) is 18.6 Å². The third kappa shape index (κ3) is 6.90. The number of benzene rings is 1. The zero-order valence-corrected chi connectivity index (χ0v) is 14.7. The number of furan rings is 1. The molecule has 0 atom stereocenters. The molecule has 7 nitrogen and oxygen atoms in total. The monoisotopic (exact) mass is 381 g/mol. The number of rotatable bonds is 6. The number of hydrazine groups is 1. The molecule has 0 fully saturated rings. The van der Waals surface area contributed by atoms with E-state index in [1.807, 2.05) is 18.2 Å². The number of halogens is 1. The average molecular weight is 382 g/mol. The Bertz CT molecular complexity index is 737. The quantitative estimate of drug-likeness (QED) is 0.521. The fourth-order valence-corrected chi connectivity index (χ4v) is 2.76. The molecule has 3 amide bonds. The van der Waals surface area contributed by atoms with E-state index in [1.165, 1.54) is 18.0 Å². The lowest BCUT2D eigenvalue weighted by Gasteiger charge is -2.07. The Morgan fingerprint density at radius 2 is 1.92 bits per heavy atom. The standard InChI is InChI=1S/C16H16ClN3O4S/c17-12-4-1-3-11(7-12)9-25-10-14(21)19-20-16(23)15(22)18-8-13-5-2-6-24-13/h1-7H,8-10H2,(H,18,22)(H,19,21)(H,20,23). The number of nitrogens with one attached hydrogen (secondary N) is 3. The predicted molar refractivity (Wildman–Crippen MR) is 94.5 cm³/mol. The summed E-state index contributed by atoms with van der Waals surface area (Å²) in [5.41, 5.74) is 5.23. The van der Waals surface area contributed by atoms with Crippen molar-refractivity contribution in [1.29, 1.82) is 0 Å². The highest BCUT2D eigenvalue weighted by molar-refractivity contribution is 7.99. The van der Waals surface area contributed by atoms with Gasteiger partial charge in [0, 0.05) is 10.8 Å². The van der Waals surface area contributed by atoms with Crippen molar-refractivity contribution >= 4 is 41.1 Å². The summed E-state index contributed by atoms with van der Waals surface area (Å²) in [6.07, 6.45) is 1.46. The van der Waals surface area contributed by atoms with Crippen molar-refractivity contribution in [3.8, 4) is 0 Å². The highest BCUT2D eigenvalue weighted by atomic mass is 35.5. The van der Waals surface area contributed by atoms with Crippen LogP contribution in [-0.2, 0) is 26.7 Å². The maximum atomic E-state index is 11.7. The molecule has 0 bridgehead atoms. The van der Waals surface area contributed by atoms with Crippen molar-refractivity contribution in [3.05, 3.63) is 59.0 Å². The topological polar surface area (TPSA) is 100 Å². The minimum atomic E-state index is -0.959. The Morgan fingerprint density at radius 3 is 2.64 bits per heavy atom. The molecule has 132 valence electrons. The van der Waals surface area contributed by atoms with Crippen molar-refractivity contribution in [3.63, 3.8) is 0 Å². The lowest BCUT2D eigenvalue weighted by Crippen LogP contribution is -2.48. The molecule has 0 spiro atoms. The first-order valence-electron chi connectivity index (χ1n) is 7.26. The van der Waals surface area contributed by atoms with Gasteiger partial charge in [0.25, 0.3) is 0 Å². The maximum absolute atomic E-state index is 11.7. The molecule has 1 heterocycles. The average Bonchev–Trinajstić information content (AvgIpc) is 3.11. The Kier molecular flexibility index (Phi) is 7.36. The molecule has 0 aliphatic carbocycles. The second kappa shape index (κ2) is 9.75. The molecular weight excluding hydrogens is 366 g/mol. The van der Waals surface area contributed by atoms with Gasteiger partial charge in [0.2, 0.25) is 5.91 Å². The summed E-state index contributed by atoms with van der Waals surface area (Å²) in [5, 5.41) is 3.00. The van der Waals surface area contributed by atoms with Gasteiger partial charge in [0.15, 0.2) is 0 Å². The van der Waals surface area contributed by atoms with Gasteiger partial charge >= 0.3 is 11.8 Å². The van der Waals surface area contributed by atoms with E-state index in [9.17, 15) is 14.4 Å². The molecule has 9 heteroatoms. The van der Waals surface area contributed by atoms with Crippen molar-refractivity contribution in [2.24, 2.45) is 0 Å². The molecular formula is C16H16ClN3O4S. The minimum Gasteiger partial charge on any atom is -0.467 e. The summed E-state index contributed by atoms with van der Waals surface area (Å²) in [5.74, 6) is -1.00. The second-order valence-electron chi connectivity index (χ2n) is 4.89. The molecule has 0 unspecified atom stereocenters. The molecule has 1 aromatic heterocycles. The van der Waals surface area contributed by atoms with Crippen LogP contribution in [0.15, 0.2) is 47.1 Å². The molecule has 0 saturated carbocycles. The number of carbonyl (C=O) groups is 3. The third-order valence-corrected chi connectivity index (χ3v) is 4.15. The van der Waals surface area contributed by atoms with E-state index in [0.717, 1.165) is 5.56 Å². The van der Waals surface area contributed by atoms with Crippen LogP contribution in [-0.4, -0.2) is 23.5 Å².